The SMILES string of the molecule is Cc1cccc(C2C=C(NCCNc3nccc(C(N)=O)n3)NC(N)=N2)c1C. The maximum absolute atomic E-state index is 11.2. The Balaban J connectivity index is 1.60. The number of hydrogen-bond donors (Lipinski definition) is 5. The third-order valence-corrected chi connectivity index (χ3v) is 4.46. The van der Waals surface area contributed by atoms with Gasteiger partial charge in [0.25, 0.3) is 5.91 Å². The fourth-order valence-electron chi connectivity index (χ4n) is 2.87. The molecule has 1 aromatic carbocycles. The summed E-state index contributed by atoms with van der Waals surface area (Å²) in [4.78, 5) is 23.8. The van der Waals surface area contributed by atoms with Crippen molar-refractivity contribution in [2.45, 2.75) is 19.9 Å². The van der Waals surface area contributed by atoms with E-state index < -0.39 is 5.91 Å². The van der Waals surface area contributed by atoms with Crippen molar-refractivity contribution in [2.75, 3.05) is 18.4 Å². The van der Waals surface area contributed by atoms with E-state index in [0.29, 0.717) is 25.0 Å². The van der Waals surface area contributed by atoms with E-state index in [4.69, 9.17) is 11.5 Å². The van der Waals surface area contributed by atoms with Crippen molar-refractivity contribution in [1.82, 2.24) is 20.6 Å². The zero-order valence-electron chi connectivity index (χ0n) is 15.9. The highest BCUT2D eigenvalue weighted by atomic mass is 16.1. The van der Waals surface area contributed by atoms with Gasteiger partial charge in [0, 0.05) is 19.3 Å². The van der Waals surface area contributed by atoms with Gasteiger partial charge in [0.2, 0.25) is 5.95 Å². The quantitative estimate of drug-likeness (QED) is 0.445. The zero-order chi connectivity index (χ0) is 20.1. The van der Waals surface area contributed by atoms with E-state index in [2.05, 4.69) is 56.9 Å². The molecule has 3 rings (SSSR count). The smallest absolute Gasteiger partial charge is 0.267 e. The van der Waals surface area contributed by atoms with Crippen LogP contribution in [0.4, 0.5) is 5.95 Å². The lowest BCUT2D eigenvalue weighted by Gasteiger charge is -2.23. The molecule has 0 bridgehead atoms. The normalized spacial score (nSPS) is 15.9. The molecule has 9 nitrogen and oxygen atoms in total. The molecule has 1 amide bonds. The summed E-state index contributed by atoms with van der Waals surface area (Å²) < 4.78 is 0. The summed E-state index contributed by atoms with van der Waals surface area (Å²) in [5.41, 5.74) is 14.9. The lowest BCUT2D eigenvalue weighted by Crippen LogP contribution is -2.40. The summed E-state index contributed by atoms with van der Waals surface area (Å²) in [6.07, 6.45) is 3.49. The van der Waals surface area contributed by atoms with E-state index in [1.807, 2.05) is 12.1 Å². The largest absolute Gasteiger partial charge is 0.370 e. The summed E-state index contributed by atoms with van der Waals surface area (Å²) in [6.45, 7) is 5.28. The van der Waals surface area contributed by atoms with Crippen molar-refractivity contribution in [3.05, 3.63) is 64.7 Å². The number of carbonyl (C=O) groups excluding carboxylic acids is 1. The Hall–Kier alpha value is -3.62. The van der Waals surface area contributed by atoms with Crippen molar-refractivity contribution < 1.29 is 4.79 Å². The van der Waals surface area contributed by atoms with Gasteiger partial charge in [-0.15, -0.1) is 0 Å². The molecule has 28 heavy (non-hydrogen) atoms. The molecule has 1 atom stereocenters. The monoisotopic (exact) mass is 380 g/mol. The van der Waals surface area contributed by atoms with Crippen molar-refractivity contribution in [1.29, 1.82) is 0 Å². The molecule has 1 aliphatic heterocycles. The van der Waals surface area contributed by atoms with Crippen LogP contribution in [0.25, 0.3) is 0 Å². The molecule has 0 saturated heterocycles. The highest BCUT2D eigenvalue weighted by Gasteiger charge is 2.17. The summed E-state index contributed by atoms with van der Waals surface area (Å²) in [7, 11) is 0. The average molecular weight is 380 g/mol. The van der Waals surface area contributed by atoms with E-state index >= 15 is 0 Å². The maximum atomic E-state index is 11.2. The standard InChI is InChI=1S/C19H24N8O/c1-11-4-3-5-13(12(11)2)15-10-16(27-18(21)25-15)22-8-9-24-19-23-7-6-14(26-19)17(20)28/h3-7,10,15,22H,8-9H2,1-2H3,(H2,20,28)(H3,21,25,27)(H,23,24,26). The molecular weight excluding hydrogens is 356 g/mol. The van der Waals surface area contributed by atoms with Crippen LogP contribution in [-0.4, -0.2) is 34.9 Å². The Kier molecular flexibility index (Phi) is 5.73. The first-order valence-corrected chi connectivity index (χ1v) is 8.93. The summed E-state index contributed by atoms with van der Waals surface area (Å²) in [5, 5.41) is 9.34. The minimum absolute atomic E-state index is 0.146. The second-order valence-electron chi connectivity index (χ2n) is 6.44. The van der Waals surface area contributed by atoms with Crippen molar-refractivity contribution >= 4 is 17.8 Å². The Labute approximate surface area is 163 Å². The highest BCUT2D eigenvalue weighted by molar-refractivity contribution is 5.90. The number of carbonyl (C=O) groups is 1. The average Bonchev–Trinajstić information content (AvgIpc) is 2.67. The number of nitrogens with two attached hydrogens (primary N) is 2. The maximum Gasteiger partial charge on any atom is 0.267 e. The molecule has 2 heterocycles. The third-order valence-electron chi connectivity index (χ3n) is 4.46. The number of aromatic nitrogens is 2. The van der Waals surface area contributed by atoms with Gasteiger partial charge in [0.1, 0.15) is 17.6 Å². The minimum Gasteiger partial charge on any atom is -0.370 e. The van der Waals surface area contributed by atoms with Crippen molar-refractivity contribution in [2.24, 2.45) is 16.5 Å². The van der Waals surface area contributed by atoms with E-state index in [0.717, 1.165) is 11.4 Å². The molecule has 1 aromatic heterocycles. The number of nitrogens with zero attached hydrogens (tertiary/aromatic N) is 3. The first-order valence-electron chi connectivity index (χ1n) is 8.93. The van der Waals surface area contributed by atoms with E-state index in [-0.39, 0.29) is 11.7 Å². The Morgan fingerprint density at radius 1 is 1.21 bits per heavy atom. The molecule has 0 saturated carbocycles. The van der Waals surface area contributed by atoms with Gasteiger partial charge in [-0.05, 0) is 42.7 Å². The number of benzene rings is 1. The van der Waals surface area contributed by atoms with Crippen LogP contribution in [0.2, 0.25) is 0 Å². The van der Waals surface area contributed by atoms with Crippen LogP contribution in [0.1, 0.15) is 33.2 Å². The van der Waals surface area contributed by atoms with Crippen LogP contribution in [0, 0.1) is 13.8 Å². The van der Waals surface area contributed by atoms with E-state index in [9.17, 15) is 4.79 Å². The highest BCUT2D eigenvalue weighted by Crippen LogP contribution is 2.26. The first-order chi connectivity index (χ1) is 13.4. The fourth-order valence-corrected chi connectivity index (χ4v) is 2.87. The van der Waals surface area contributed by atoms with Gasteiger partial charge in [-0.2, -0.15) is 0 Å². The molecule has 146 valence electrons. The van der Waals surface area contributed by atoms with Crippen LogP contribution in [0.5, 0.6) is 0 Å². The fraction of sp³-hybridized carbons (Fsp3) is 0.263. The van der Waals surface area contributed by atoms with Crippen molar-refractivity contribution in [3.63, 3.8) is 0 Å². The molecule has 7 N–H and O–H groups in total. The number of aliphatic imine (C=N–C) groups is 1. The summed E-state index contributed by atoms with van der Waals surface area (Å²) >= 11 is 0. The third kappa shape index (κ3) is 4.56. The van der Waals surface area contributed by atoms with Crippen LogP contribution >= 0.6 is 0 Å². The molecule has 0 spiro atoms. The van der Waals surface area contributed by atoms with Crippen LogP contribution in [0.3, 0.4) is 0 Å². The Bertz CT molecular complexity index is 937. The summed E-state index contributed by atoms with van der Waals surface area (Å²) in [6, 6.07) is 7.49. The Morgan fingerprint density at radius 2 is 2.00 bits per heavy atom. The predicted molar refractivity (Wildman–Crippen MR) is 109 cm³/mol. The minimum atomic E-state index is -0.590. The molecule has 1 aliphatic rings. The van der Waals surface area contributed by atoms with Gasteiger partial charge in [-0.25, -0.2) is 15.0 Å². The predicted octanol–water partition coefficient (Wildman–Crippen LogP) is 0.694. The topological polar surface area (TPSA) is 143 Å². The second kappa shape index (κ2) is 8.38. The van der Waals surface area contributed by atoms with Crippen LogP contribution in [0.15, 0.2) is 47.4 Å². The molecule has 0 radical (unpaired) electrons. The first kappa shape index (κ1) is 19.2. The molecule has 9 heteroatoms. The molecule has 1 unspecified atom stereocenters. The van der Waals surface area contributed by atoms with Crippen molar-refractivity contribution in [3.8, 4) is 0 Å². The number of aryl methyl sites for hydroxylation is 1. The summed E-state index contributed by atoms with van der Waals surface area (Å²) in [5.74, 6) is 0.902. The number of nitrogens with one attached hydrogen (secondary N) is 3. The number of hydrogen-bond acceptors (Lipinski definition) is 8. The van der Waals surface area contributed by atoms with Crippen LogP contribution in [-0.2, 0) is 0 Å². The van der Waals surface area contributed by atoms with Gasteiger partial charge in [-0.3, -0.25) is 4.79 Å². The Morgan fingerprint density at radius 3 is 2.79 bits per heavy atom. The molecule has 0 aliphatic carbocycles. The van der Waals surface area contributed by atoms with E-state index in [1.54, 1.807) is 0 Å². The van der Waals surface area contributed by atoms with Gasteiger partial charge in [0.15, 0.2) is 5.96 Å². The van der Waals surface area contributed by atoms with Gasteiger partial charge in [-0.1, -0.05) is 18.2 Å². The van der Waals surface area contributed by atoms with Gasteiger partial charge in [0.05, 0.1) is 0 Å². The number of amides is 1. The molecular formula is C19H24N8O. The van der Waals surface area contributed by atoms with Gasteiger partial charge >= 0.3 is 0 Å². The van der Waals surface area contributed by atoms with Gasteiger partial charge < -0.3 is 27.4 Å². The van der Waals surface area contributed by atoms with E-state index in [1.165, 1.54) is 23.4 Å². The van der Waals surface area contributed by atoms with Crippen LogP contribution < -0.4 is 27.4 Å². The molecule has 2 aromatic rings. The number of guanidine groups is 1. The molecule has 0 fully saturated rings. The second-order valence-corrected chi connectivity index (χ2v) is 6.44. The lowest BCUT2D eigenvalue weighted by molar-refractivity contribution is 0.0995. The lowest BCUT2D eigenvalue weighted by atomic mass is 9.97. The number of anilines is 1. The zero-order valence-corrected chi connectivity index (χ0v) is 15.9. The number of rotatable bonds is 7. The number of primary amides is 1.